The summed E-state index contributed by atoms with van der Waals surface area (Å²) in [5.74, 6) is 0.0302. The Labute approximate surface area is 118 Å². The van der Waals surface area contributed by atoms with Crippen molar-refractivity contribution in [3.8, 4) is 0 Å². The van der Waals surface area contributed by atoms with Crippen LogP contribution in [0, 0.1) is 0 Å². The van der Waals surface area contributed by atoms with Crippen LogP contribution in [0.3, 0.4) is 0 Å². The van der Waals surface area contributed by atoms with Crippen molar-refractivity contribution < 1.29 is 9.90 Å². The van der Waals surface area contributed by atoms with Crippen LogP contribution in [0.5, 0.6) is 0 Å². The third kappa shape index (κ3) is 5.57. The molecular weight excluding hydrogens is 262 g/mol. The van der Waals surface area contributed by atoms with Crippen LogP contribution in [-0.4, -0.2) is 38.9 Å². The van der Waals surface area contributed by atoms with E-state index >= 15 is 0 Å². The maximum Gasteiger partial charge on any atom is 0.323 e. The van der Waals surface area contributed by atoms with E-state index in [0.717, 1.165) is 30.3 Å². The van der Waals surface area contributed by atoms with Gasteiger partial charge in [0, 0.05) is 18.1 Å². The molecule has 1 unspecified atom stereocenters. The number of hydrogen-bond donors (Lipinski definition) is 2. The Kier molecular flexibility index (Phi) is 6.80. The molecule has 1 aromatic heterocycles. The molecule has 0 aliphatic heterocycles. The minimum absolute atomic E-state index is 0.599. The Balaban J connectivity index is 2.34. The van der Waals surface area contributed by atoms with E-state index in [-0.39, 0.29) is 0 Å². The van der Waals surface area contributed by atoms with Crippen molar-refractivity contribution in [2.24, 2.45) is 0 Å². The van der Waals surface area contributed by atoms with Crippen molar-refractivity contribution in [1.82, 2.24) is 15.3 Å². The number of carboxylic acid groups (broad SMARTS) is 1. The Morgan fingerprint density at radius 3 is 2.74 bits per heavy atom. The summed E-state index contributed by atoms with van der Waals surface area (Å²) < 4.78 is 0. The molecule has 5 nitrogen and oxygen atoms in total. The smallest absolute Gasteiger partial charge is 0.323 e. The summed E-state index contributed by atoms with van der Waals surface area (Å²) in [5.41, 5.74) is -0.839. The minimum Gasteiger partial charge on any atom is -0.480 e. The molecule has 1 atom stereocenters. The number of rotatable bonds is 9. The van der Waals surface area contributed by atoms with Gasteiger partial charge in [0.2, 0.25) is 0 Å². The third-order valence-electron chi connectivity index (χ3n) is 2.83. The Morgan fingerprint density at radius 2 is 2.16 bits per heavy atom. The molecule has 1 rings (SSSR count). The highest BCUT2D eigenvalue weighted by Gasteiger charge is 2.31. The number of hydrogen-bond acceptors (Lipinski definition) is 5. The van der Waals surface area contributed by atoms with Gasteiger partial charge in [0.25, 0.3) is 0 Å². The molecule has 2 N–H and O–H groups in total. The minimum atomic E-state index is -0.839. The lowest BCUT2D eigenvalue weighted by atomic mass is 9.96. The van der Waals surface area contributed by atoms with Gasteiger partial charge in [-0.1, -0.05) is 18.7 Å². The summed E-state index contributed by atoms with van der Waals surface area (Å²) in [6.45, 7) is 4.49. The van der Waals surface area contributed by atoms with Crippen molar-refractivity contribution >= 4 is 17.7 Å². The average Bonchev–Trinajstić information content (AvgIpc) is 2.42. The van der Waals surface area contributed by atoms with Gasteiger partial charge in [0.15, 0.2) is 5.16 Å². The van der Waals surface area contributed by atoms with Crippen LogP contribution in [0.4, 0.5) is 0 Å². The SMILES string of the molecule is CCCNC(C)(CCCSc1ncccn1)C(=O)O. The molecule has 0 bridgehead atoms. The average molecular weight is 283 g/mol. The molecular formula is C13H21N3O2S. The zero-order chi connectivity index (χ0) is 14.1. The van der Waals surface area contributed by atoms with Gasteiger partial charge in [-0.05, 0) is 38.8 Å². The van der Waals surface area contributed by atoms with Crippen molar-refractivity contribution in [3.05, 3.63) is 18.5 Å². The summed E-state index contributed by atoms with van der Waals surface area (Å²) in [4.78, 5) is 19.5. The van der Waals surface area contributed by atoms with Crippen LogP contribution in [-0.2, 0) is 4.79 Å². The molecule has 0 aliphatic carbocycles. The molecule has 0 saturated heterocycles. The number of aromatic nitrogens is 2. The summed E-state index contributed by atoms with van der Waals surface area (Å²) in [6.07, 6.45) is 5.75. The number of nitrogens with one attached hydrogen (secondary N) is 1. The van der Waals surface area contributed by atoms with Gasteiger partial charge in [0.1, 0.15) is 5.54 Å². The second-order valence-corrected chi connectivity index (χ2v) is 5.61. The number of carboxylic acids is 1. The molecule has 0 fully saturated rings. The monoisotopic (exact) mass is 283 g/mol. The summed E-state index contributed by atoms with van der Waals surface area (Å²) in [7, 11) is 0. The first-order valence-electron chi connectivity index (χ1n) is 6.47. The van der Waals surface area contributed by atoms with Gasteiger partial charge in [-0.3, -0.25) is 4.79 Å². The normalized spacial score (nSPS) is 14.0. The number of carbonyl (C=O) groups is 1. The predicted octanol–water partition coefficient (Wildman–Crippen LogP) is 2.19. The zero-order valence-electron chi connectivity index (χ0n) is 11.4. The number of thioether (sulfide) groups is 1. The summed E-state index contributed by atoms with van der Waals surface area (Å²) in [5, 5.41) is 13.1. The van der Waals surface area contributed by atoms with E-state index < -0.39 is 11.5 Å². The molecule has 0 saturated carbocycles. The maximum atomic E-state index is 11.3. The van der Waals surface area contributed by atoms with E-state index in [0.29, 0.717) is 6.42 Å². The first-order valence-corrected chi connectivity index (χ1v) is 7.45. The quantitative estimate of drug-likeness (QED) is 0.411. The Morgan fingerprint density at radius 1 is 1.47 bits per heavy atom. The van der Waals surface area contributed by atoms with E-state index in [1.807, 2.05) is 6.92 Å². The Bertz CT molecular complexity index is 389. The van der Waals surface area contributed by atoms with E-state index in [4.69, 9.17) is 0 Å². The van der Waals surface area contributed by atoms with Gasteiger partial charge in [0.05, 0.1) is 0 Å². The van der Waals surface area contributed by atoms with Crippen molar-refractivity contribution in [2.75, 3.05) is 12.3 Å². The van der Waals surface area contributed by atoms with Gasteiger partial charge in [-0.15, -0.1) is 0 Å². The molecule has 0 spiro atoms. The summed E-state index contributed by atoms with van der Waals surface area (Å²) in [6, 6.07) is 1.78. The van der Waals surface area contributed by atoms with Crippen LogP contribution in [0.25, 0.3) is 0 Å². The highest BCUT2D eigenvalue weighted by Crippen LogP contribution is 2.18. The standard InChI is InChI=1S/C13H21N3O2S/c1-3-7-16-13(2,11(17)18)6-4-10-19-12-14-8-5-9-15-12/h5,8-9,16H,3-4,6-7,10H2,1-2H3,(H,17,18). The van der Waals surface area contributed by atoms with Gasteiger partial charge in [-0.25, -0.2) is 9.97 Å². The molecule has 6 heteroatoms. The molecule has 0 amide bonds. The second-order valence-electron chi connectivity index (χ2n) is 4.55. The number of nitrogens with zero attached hydrogens (tertiary/aromatic N) is 2. The fraction of sp³-hybridized carbons (Fsp3) is 0.615. The lowest BCUT2D eigenvalue weighted by molar-refractivity contribution is -0.144. The lowest BCUT2D eigenvalue weighted by Crippen LogP contribution is -2.49. The first kappa shape index (κ1) is 15.9. The zero-order valence-corrected chi connectivity index (χ0v) is 12.2. The van der Waals surface area contributed by atoms with Crippen molar-refractivity contribution in [3.63, 3.8) is 0 Å². The van der Waals surface area contributed by atoms with Gasteiger partial charge < -0.3 is 10.4 Å². The van der Waals surface area contributed by atoms with Crippen LogP contribution < -0.4 is 5.32 Å². The molecule has 0 aromatic carbocycles. The van der Waals surface area contributed by atoms with Gasteiger partial charge in [-0.2, -0.15) is 0 Å². The lowest BCUT2D eigenvalue weighted by Gasteiger charge is -2.26. The fourth-order valence-corrected chi connectivity index (χ4v) is 2.36. The Hall–Kier alpha value is -1.14. The third-order valence-corrected chi connectivity index (χ3v) is 3.79. The van der Waals surface area contributed by atoms with Crippen molar-refractivity contribution in [1.29, 1.82) is 0 Å². The largest absolute Gasteiger partial charge is 0.480 e. The molecule has 106 valence electrons. The van der Waals surface area contributed by atoms with E-state index in [1.165, 1.54) is 0 Å². The molecule has 1 aromatic rings. The van der Waals surface area contributed by atoms with E-state index in [9.17, 15) is 9.90 Å². The van der Waals surface area contributed by atoms with Crippen LogP contribution >= 0.6 is 11.8 Å². The topological polar surface area (TPSA) is 75.1 Å². The van der Waals surface area contributed by atoms with Crippen LogP contribution in [0.2, 0.25) is 0 Å². The maximum absolute atomic E-state index is 11.3. The highest BCUT2D eigenvalue weighted by atomic mass is 32.2. The molecule has 19 heavy (non-hydrogen) atoms. The van der Waals surface area contributed by atoms with Crippen molar-refractivity contribution in [2.45, 2.75) is 43.8 Å². The molecule has 1 heterocycles. The summed E-state index contributed by atoms with van der Waals surface area (Å²) >= 11 is 1.55. The second kappa shape index (κ2) is 8.12. The van der Waals surface area contributed by atoms with Crippen LogP contribution in [0.1, 0.15) is 33.1 Å². The number of aliphatic carboxylic acids is 1. The molecule has 0 radical (unpaired) electrons. The van der Waals surface area contributed by atoms with Crippen LogP contribution in [0.15, 0.2) is 23.6 Å². The predicted molar refractivity (Wildman–Crippen MR) is 76.3 cm³/mol. The molecule has 0 aliphatic rings. The first-order chi connectivity index (χ1) is 9.08. The van der Waals surface area contributed by atoms with E-state index in [2.05, 4.69) is 15.3 Å². The fourth-order valence-electron chi connectivity index (χ4n) is 1.62. The highest BCUT2D eigenvalue weighted by molar-refractivity contribution is 7.99. The van der Waals surface area contributed by atoms with Gasteiger partial charge >= 0.3 is 5.97 Å². The van der Waals surface area contributed by atoms with E-state index in [1.54, 1.807) is 37.1 Å².